The minimum Gasteiger partial charge on any atom is -0.343 e. The van der Waals surface area contributed by atoms with Crippen LogP contribution in [-0.4, -0.2) is 30.9 Å². The highest BCUT2D eigenvalue weighted by Gasteiger charge is 2.40. The fourth-order valence-electron chi connectivity index (χ4n) is 2.11. The Hall–Kier alpha value is -1.06. The Kier molecular flexibility index (Phi) is 2.91. The number of nitrogens with zero attached hydrogens (tertiary/aromatic N) is 1. The molecule has 2 rings (SSSR count). The van der Waals surface area contributed by atoms with Gasteiger partial charge in [0.15, 0.2) is 0 Å². The maximum Gasteiger partial charge on any atom is 0.247 e. The summed E-state index contributed by atoms with van der Waals surface area (Å²) in [4.78, 5) is 13.9. The van der Waals surface area contributed by atoms with Gasteiger partial charge >= 0.3 is 0 Å². The molecule has 0 aliphatic carbocycles. The summed E-state index contributed by atoms with van der Waals surface area (Å²) >= 11 is 6.15. The first-order chi connectivity index (χ1) is 7.55. The Morgan fingerprint density at radius 2 is 2.12 bits per heavy atom. The molecule has 1 aromatic carbocycles. The number of hydrogen-bond acceptors (Lipinski definition) is 2. The van der Waals surface area contributed by atoms with E-state index in [1.54, 1.807) is 4.90 Å². The number of hydrogen-bond donors (Lipinski definition) is 1. The van der Waals surface area contributed by atoms with Gasteiger partial charge in [-0.15, -0.1) is 0 Å². The number of likely N-dealkylation sites (N-methyl/N-ethyl adjacent to an activating group) is 1. The van der Waals surface area contributed by atoms with Crippen molar-refractivity contribution >= 4 is 17.5 Å². The molecule has 1 aliphatic rings. The number of benzene rings is 1. The molecule has 1 aromatic rings. The van der Waals surface area contributed by atoms with Crippen LogP contribution >= 0.6 is 11.6 Å². The lowest BCUT2D eigenvalue weighted by molar-refractivity contribution is -0.139. The van der Waals surface area contributed by atoms with Crippen LogP contribution in [0.1, 0.15) is 12.5 Å². The van der Waals surface area contributed by atoms with Crippen molar-refractivity contribution in [3.05, 3.63) is 34.9 Å². The second-order valence-corrected chi connectivity index (χ2v) is 4.67. The van der Waals surface area contributed by atoms with Crippen LogP contribution in [0.2, 0.25) is 5.02 Å². The molecule has 0 spiro atoms. The Morgan fingerprint density at radius 1 is 1.44 bits per heavy atom. The third kappa shape index (κ3) is 1.70. The maximum atomic E-state index is 12.2. The number of carbonyl (C=O) groups excluding carboxylic acids is 1. The van der Waals surface area contributed by atoms with E-state index in [2.05, 4.69) is 5.32 Å². The van der Waals surface area contributed by atoms with Crippen molar-refractivity contribution in [1.82, 2.24) is 10.2 Å². The van der Waals surface area contributed by atoms with Gasteiger partial charge in [-0.3, -0.25) is 10.1 Å². The minimum atomic E-state index is -0.703. The second-order valence-electron chi connectivity index (χ2n) is 4.26. The topological polar surface area (TPSA) is 32.3 Å². The first kappa shape index (κ1) is 11.4. The average Bonchev–Trinajstić information content (AvgIpc) is 2.26. The fourth-order valence-corrected chi connectivity index (χ4v) is 2.43. The van der Waals surface area contributed by atoms with Gasteiger partial charge in [-0.2, -0.15) is 0 Å². The molecule has 1 atom stereocenters. The molecule has 1 unspecified atom stereocenters. The molecule has 4 heteroatoms. The van der Waals surface area contributed by atoms with Gasteiger partial charge in [0.2, 0.25) is 5.91 Å². The smallest absolute Gasteiger partial charge is 0.247 e. The van der Waals surface area contributed by atoms with Crippen LogP contribution in [0.15, 0.2) is 24.3 Å². The van der Waals surface area contributed by atoms with Crippen LogP contribution < -0.4 is 5.32 Å². The molecule has 1 fully saturated rings. The fraction of sp³-hybridized carbons (Fsp3) is 0.417. The normalized spacial score (nSPS) is 25.9. The monoisotopic (exact) mass is 238 g/mol. The van der Waals surface area contributed by atoms with Crippen LogP contribution in [0, 0.1) is 0 Å². The van der Waals surface area contributed by atoms with Crippen molar-refractivity contribution in [2.75, 3.05) is 20.1 Å². The Balaban J connectivity index is 2.45. The largest absolute Gasteiger partial charge is 0.343 e. The van der Waals surface area contributed by atoms with Gasteiger partial charge in [0.1, 0.15) is 5.54 Å². The van der Waals surface area contributed by atoms with E-state index in [9.17, 15) is 4.79 Å². The SMILES string of the molecule is CN1CCNC(C)(c2ccccc2Cl)C1=O. The lowest BCUT2D eigenvalue weighted by Crippen LogP contribution is -2.59. The van der Waals surface area contributed by atoms with E-state index in [0.29, 0.717) is 5.02 Å². The molecule has 3 nitrogen and oxygen atoms in total. The molecular weight excluding hydrogens is 224 g/mol. The molecule has 16 heavy (non-hydrogen) atoms. The van der Waals surface area contributed by atoms with Crippen molar-refractivity contribution < 1.29 is 4.79 Å². The Bertz CT molecular complexity index is 421. The Labute approximate surface area is 100 Å². The molecule has 0 bridgehead atoms. The van der Waals surface area contributed by atoms with Gasteiger partial charge in [-0.1, -0.05) is 29.8 Å². The molecule has 1 amide bonds. The molecule has 86 valence electrons. The molecule has 0 aromatic heterocycles. The van der Waals surface area contributed by atoms with Gasteiger partial charge < -0.3 is 4.90 Å². The molecule has 1 aliphatic heterocycles. The van der Waals surface area contributed by atoms with Crippen LogP contribution in [0.3, 0.4) is 0 Å². The molecule has 1 saturated heterocycles. The summed E-state index contributed by atoms with van der Waals surface area (Å²) in [6, 6.07) is 7.47. The molecule has 0 saturated carbocycles. The average molecular weight is 239 g/mol. The van der Waals surface area contributed by atoms with Crippen molar-refractivity contribution in [3.8, 4) is 0 Å². The van der Waals surface area contributed by atoms with Gasteiger partial charge in [0, 0.05) is 25.2 Å². The number of nitrogens with one attached hydrogen (secondary N) is 1. The van der Waals surface area contributed by atoms with E-state index < -0.39 is 5.54 Å². The third-order valence-corrected chi connectivity index (χ3v) is 3.44. The summed E-state index contributed by atoms with van der Waals surface area (Å²) in [5.41, 5.74) is 0.138. The van der Waals surface area contributed by atoms with Crippen LogP contribution in [0.5, 0.6) is 0 Å². The molecular formula is C12H15ClN2O. The number of piperazine rings is 1. The van der Waals surface area contributed by atoms with E-state index in [4.69, 9.17) is 11.6 Å². The lowest BCUT2D eigenvalue weighted by Gasteiger charge is -2.39. The van der Waals surface area contributed by atoms with E-state index in [1.807, 2.05) is 38.2 Å². The lowest BCUT2D eigenvalue weighted by atomic mass is 9.89. The zero-order valence-corrected chi connectivity index (χ0v) is 10.2. The predicted molar refractivity (Wildman–Crippen MR) is 64.4 cm³/mol. The molecule has 1 heterocycles. The van der Waals surface area contributed by atoms with Crippen molar-refractivity contribution in [2.24, 2.45) is 0 Å². The van der Waals surface area contributed by atoms with E-state index in [1.165, 1.54) is 0 Å². The predicted octanol–water partition coefficient (Wildman–Crippen LogP) is 1.62. The van der Waals surface area contributed by atoms with Crippen LogP contribution in [-0.2, 0) is 10.3 Å². The van der Waals surface area contributed by atoms with Crippen molar-refractivity contribution in [2.45, 2.75) is 12.5 Å². The number of rotatable bonds is 1. The summed E-state index contributed by atoms with van der Waals surface area (Å²) in [6.07, 6.45) is 0. The highest BCUT2D eigenvalue weighted by atomic mass is 35.5. The first-order valence-electron chi connectivity index (χ1n) is 5.31. The van der Waals surface area contributed by atoms with Crippen molar-refractivity contribution in [1.29, 1.82) is 0 Å². The summed E-state index contributed by atoms with van der Waals surface area (Å²) in [6.45, 7) is 3.40. The number of carbonyl (C=O) groups is 1. The third-order valence-electron chi connectivity index (χ3n) is 3.11. The van der Waals surface area contributed by atoms with Gasteiger partial charge in [-0.05, 0) is 18.6 Å². The zero-order chi connectivity index (χ0) is 11.8. The van der Waals surface area contributed by atoms with Crippen molar-refractivity contribution in [3.63, 3.8) is 0 Å². The standard InChI is InChI=1S/C12H15ClN2O/c1-12(9-5-3-4-6-10(9)13)11(16)15(2)8-7-14-12/h3-6,14H,7-8H2,1-2H3. The second kappa shape index (κ2) is 4.07. The summed E-state index contributed by atoms with van der Waals surface area (Å²) in [7, 11) is 1.82. The Morgan fingerprint density at radius 3 is 2.81 bits per heavy atom. The molecule has 0 radical (unpaired) electrons. The van der Waals surface area contributed by atoms with Crippen LogP contribution in [0.4, 0.5) is 0 Å². The number of halogens is 1. The van der Waals surface area contributed by atoms with Crippen LogP contribution in [0.25, 0.3) is 0 Å². The van der Waals surface area contributed by atoms with Gasteiger partial charge in [0.25, 0.3) is 0 Å². The van der Waals surface area contributed by atoms with Gasteiger partial charge in [-0.25, -0.2) is 0 Å². The highest BCUT2D eigenvalue weighted by molar-refractivity contribution is 6.31. The maximum absolute atomic E-state index is 12.2. The highest BCUT2D eigenvalue weighted by Crippen LogP contribution is 2.30. The molecule has 1 N–H and O–H groups in total. The number of amides is 1. The summed E-state index contributed by atoms with van der Waals surface area (Å²) in [5.74, 6) is 0.0619. The minimum absolute atomic E-state index is 0.0619. The zero-order valence-electron chi connectivity index (χ0n) is 9.46. The van der Waals surface area contributed by atoms with E-state index in [0.717, 1.165) is 18.7 Å². The van der Waals surface area contributed by atoms with E-state index >= 15 is 0 Å². The summed E-state index contributed by atoms with van der Waals surface area (Å²) < 4.78 is 0. The quantitative estimate of drug-likeness (QED) is 0.807. The van der Waals surface area contributed by atoms with Gasteiger partial charge in [0.05, 0.1) is 0 Å². The summed E-state index contributed by atoms with van der Waals surface area (Å²) in [5, 5.41) is 3.88. The van der Waals surface area contributed by atoms with E-state index in [-0.39, 0.29) is 5.91 Å². The first-order valence-corrected chi connectivity index (χ1v) is 5.69.